The molecule has 0 aromatic carbocycles. The minimum Gasteiger partial charge on any atom is -0.462 e. The summed E-state index contributed by atoms with van der Waals surface area (Å²) in [6.07, 6.45) is 6.78. The first-order chi connectivity index (χ1) is 10.6. The molecule has 1 unspecified atom stereocenters. The topological polar surface area (TPSA) is 43.6 Å². The van der Waals surface area contributed by atoms with E-state index in [2.05, 4.69) is 22.9 Å². The highest BCUT2D eigenvalue weighted by molar-refractivity contribution is 5.66. The number of hydrogen-bond donors (Lipinski definition) is 1. The van der Waals surface area contributed by atoms with E-state index in [1.54, 1.807) is 0 Å². The molecule has 0 radical (unpaired) electrons. The van der Waals surface area contributed by atoms with Gasteiger partial charge in [0.05, 0.1) is 13.1 Å². The van der Waals surface area contributed by atoms with Crippen LogP contribution in [0.4, 0.5) is 0 Å². The van der Waals surface area contributed by atoms with Crippen molar-refractivity contribution < 1.29 is 14.4 Å². The Morgan fingerprint density at radius 2 is 2.41 bits per heavy atom. The van der Waals surface area contributed by atoms with Gasteiger partial charge in [0.25, 0.3) is 0 Å². The lowest BCUT2D eigenvalue weighted by Crippen LogP contribution is -3.13. The Bertz CT molecular complexity index is 533. The average Bonchev–Trinajstić information content (AvgIpc) is 2.52. The summed E-state index contributed by atoms with van der Waals surface area (Å²) in [5.74, 6) is 6.73. The summed E-state index contributed by atoms with van der Waals surface area (Å²) in [5.41, 5.74) is 1.34. The molecule has 1 aromatic heterocycles. The summed E-state index contributed by atoms with van der Waals surface area (Å²) < 4.78 is 5.06. The SMILES string of the molecule is CC(=O)O[C@@H](C)CC#CC[NH+]1CCC[C@H](c2cccnc2)C1. The molecule has 1 aliphatic rings. The summed E-state index contributed by atoms with van der Waals surface area (Å²) in [6, 6.07) is 4.19. The van der Waals surface area contributed by atoms with Crippen LogP contribution in [0, 0.1) is 11.8 Å². The molecule has 4 nitrogen and oxygen atoms in total. The van der Waals surface area contributed by atoms with Crippen LogP contribution in [0.15, 0.2) is 24.5 Å². The molecule has 4 heteroatoms. The van der Waals surface area contributed by atoms with Crippen LogP contribution >= 0.6 is 0 Å². The third-order valence-corrected chi connectivity index (χ3v) is 3.99. The number of carbonyl (C=O) groups excluding carboxylic acids is 1. The summed E-state index contributed by atoms with van der Waals surface area (Å²) in [6.45, 7) is 6.48. The molecule has 2 heterocycles. The number of ether oxygens (including phenoxy) is 1. The maximum atomic E-state index is 10.8. The molecule has 1 aliphatic heterocycles. The molecular weight excluding hydrogens is 276 g/mol. The number of rotatable bonds is 4. The van der Waals surface area contributed by atoms with Crippen LogP contribution in [0.1, 0.15) is 44.6 Å². The molecule has 1 N–H and O–H groups in total. The molecule has 2 rings (SSSR count). The molecular formula is C18H25N2O2+. The highest BCUT2D eigenvalue weighted by atomic mass is 16.5. The zero-order valence-electron chi connectivity index (χ0n) is 13.5. The van der Waals surface area contributed by atoms with E-state index in [1.165, 1.54) is 36.8 Å². The molecule has 0 saturated carbocycles. The predicted octanol–water partition coefficient (Wildman–Crippen LogP) is 1.19. The Morgan fingerprint density at radius 1 is 1.55 bits per heavy atom. The largest absolute Gasteiger partial charge is 0.462 e. The van der Waals surface area contributed by atoms with Crippen molar-refractivity contribution in [3.63, 3.8) is 0 Å². The van der Waals surface area contributed by atoms with Crippen molar-refractivity contribution in [2.75, 3.05) is 19.6 Å². The van der Waals surface area contributed by atoms with Gasteiger partial charge in [0.15, 0.2) is 0 Å². The number of quaternary nitrogens is 1. The van der Waals surface area contributed by atoms with Crippen molar-refractivity contribution >= 4 is 5.97 Å². The van der Waals surface area contributed by atoms with Crippen LogP contribution in [0.25, 0.3) is 0 Å². The second-order valence-electron chi connectivity index (χ2n) is 5.98. The number of carbonyl (C=O) groups is 1. The van der Waals surface area contributed by atoms with Gasteiger partial charge < -0.3 is 9.64 Å². The predicted molar refractivity (Wildman–Crippen MR) is 85.4 cm³/mol. The molecule has 0 amide bonds. The number of likely N-dealkylation sites (tertiary alicyclic amines) is 1. The van der Waals surface area contributed by atoms with Crippen molar-refractivity contribution in [3.05, 3.63) is 30.1 Å². The summed E-state index contributed by atoms with van der Waals surface area (Å²) >= 11 is 0. The van der Waals surface area contributed by atoms with Gasteiger partial charge in [0.1, 0.15) is 12.6 Å². The van der Waals surface area contributed by atoms with Crippen LogP contribution in [0.5, 0.6) is 0 Å². The number of aromatic nitrogens is 1. The van der Waals surface area contributed by atoms with E-state index in [1.807, 2.05) is 25.4 Å². The first kappa shape index (κ1) is 16.5. The summed E-state index contributed by atoms with van der Waals surface area (Å²) in [4.78, 5) is 16.6. The Kier molecular flexibility index (Phi) is 6.42. The fourth-order valence-electron chi connectivity index (χ4n) is 2.94. The minimum absolute atomic E-state index is 0.121. The quantitative estimate of drug-likeness (QED) is 0.671. The number of hydrogen-bond acceptors (Lipinski definition) is 3. The van der Waals surface area contributed by atoms with Crippen molar-refractivity contribution in [2.24, 2.45) is 0 Å². The molecule has 118 valence electrons. The lowest BCUT2D eigenvalue weighted by atomic mass is 9.92. The molecule has 0 bridgehead atoms. The zero-order valence-corrected chi connectivity index (χ0v) is 13.5. The Balaban J connectivity index is 1.78. The summed E-state index contributed by atoms with van der Waals surface area (Å²) in [7, 11) is 0. The maximum absolute atomic E-state index is 10.8. The maximum Gasteiger partial charge on any atom is 0.302 e. The third-order valence-electron chi connectivity index (χ3n) is 3.99. The molecule has 22 heavy (non-hydrogen) atoms. The van der Waals surface area contributed by atoms with Gasteiger partial charge in [0, 0.05) is 31.7 Å². The van der Waals surface area contributed by atoms with Gasteiger partial charge in [-0.05, 0) is 37.3 Å². The van der Waals surface area contributed by atoms with Crippen LogP contribution in [0.3, 0.4) is 0 Å². The van der Waals surface area contributed by atoms with Crippen LogP contribution in [0.2, 0.25) is 0 Å². The second-order valence-corrected chi connectivity index (χ2v) is 5.98. The van der Waals surface area contributed by atoms with E-state index in [0.29, 0.717) is 12.3 Å². The normalized spacial score (nSPS) is 22.3. The molecule has 1 aromatic rings. The fraction of sp³-hybridized carbons (Fsp3) is 0.556. The van der Waals surface area contributed by atoms with E-state index in [9.17, 15) is 4.79 Å². The van der Waals surface area contributed by atoms with E-state index in [-0.39, 0.29) is 12.1 Å². The van der Waals surface area contributed by atoms with E-state index < -0.39 is 0 Å². The van der Waals surface area contributed by atoms with Gasteiger partial charge in [-0.15, -0.1) is 0 Å². The number of pyridine rings is 1. The lowest BCUT2D eigenvalue weighted by molar-refractivity contribution is -0.899. The van der Waals surface area contributed by atoms with Crippen molar-refractivity contribution in [1.29, 1.82) is 0 Å². The van der Waals surface area contributed by atoms with Gasteiger partial charge in [-0.1, -0.05) is 12.0 Å². The van der Waals surface area contributed by atoms with Crippen molar-refractivity contribution in [2.45, 2.75) is 45.1 Å². The molecule has 0 aliphatic carbocycles. The first-order valence-electron chi connectivity index (χ1n) is 8.01. The van der Waals surface area contributed by atoms with Crippen LogP contribution < -0.4 is 4.90 Å². The molecule has 1 saturated heterocycles. The molecule has 3 atom stereocenters. The van der Waals surface area contributed by atoms with Gasteiger partial charge in [0.2, 0.25) is 0 Å². The average molecular weight is 301 g/mol. The van der Waals surface area contributed by atoms with Gasteiger partial charge in [-0.2, -0.15) is 0 Å². The summed E-state index contributed by atoms with van der Waals surface area (Å²) in [5, 5.41) is 0. The number of esters is 1. The second kappa shape index (κ2) is 8.55. The number of nitrogens with one attached hydrogen (secondary N) is 1. The number of nitrogens with zero attached hydrogens (tertiary/aromatic N) is 1. The number of piperidine rings is 1. The van der Waals surface area contributed by atoms with E-state index in [0.717, 1.165) is 13.1 Å². The van der Waals surface area contributed by atoms with Crippen molar-refractivity contribution in [3.8, 4) is 11.8 Å². The third kappa shape index (κ3) is 5.50. The van der Waals surface area contributed by atoms with E-state index in [4.69, 9.17) is 4.74 Å². The van der Waals surface area contributed by atoms with Crippen LogP contribution in [-0.4, -0.2) is 36.7 Å². The smallest absolute Gasteiger partial charge is 0.302 e. The minimum atomic E-state index is -0.240. The monoisotopic (exact) mass is 301 g/mol. The lowest BCUT2D eigenvalue weighted by Gasteiger charge is -2.28. The molecule has 1 fully saturated rings. The van der Waals surface area contributed by atoms with Gasteiger partial charge in [-0.3, -0.25) is 9.78 Å². The Labute approximate surface area is 132 Å². The highest BCUT2D eigenvalue weighted by Crippen LogP contribution is 2.20. The van der Waals surface area contributed by atoms with Crippen LogP contribution in [-0.2, 0) is 9.53 Å². The Hall–Kier alpha value is -1.86. The highest BCUT2D eigenvalue weighted by Gasteiger charge is 2.23. The van der Waals surface area contributed by atoms with E-state index >= 15 is 0 Å². The van der Waals surface area contributed by atoms with Crippen molar-refractivity contribution in [1.82, 2.24) is 4.98 Å². The molecule has 0 spiro atoms. The van der Waals surface area contributed by atoms with Gasteiger partial charge in [-0.25, -0.2) is 0 Å². The van der Waals surface area contributed by atoms with Gasteiger partial charge >= 0.3 is 5.97 Å². The fourth-order valence-corrected chi connectivity index (χ4v) is 2.94. The first-order valence-corrected chi connectivity index (χ1v) is 8.01. The standard InChI is InChI=1S/C18H24N2O2/c1-15(22-16(2)21)7-3-4-11-20-12-6-9-18(14-20)17-8-5-10-19-13-17/h5,8,10,13,15,18H,6-7,9,11-12,14H2,1-2H3/p+1/t15-,18-/m0/s1. The zero-order chi connectivity index (χ0) is 15.8. The Morgan fingerprint density at radius 3 is 3.14 bits per heavy atom.